The summed E-state index contributed by atoms with van der Waals surface area (Å²) in [5.74, 6) is -0.405. The first kappa shape index (κ1) is 19.9. The molecule has 1 aliphatic rings. The molecule has 1 aromatic carbocycles. The summed E-state index contributed by atoms with van der Waals surface area (Å²) in [6.45, 7) is 1.84. The third-order valence-corrected chi connectivity index (χ3v) is 6.09. The molecule has 0 radical (unpaired) electrons. The van der Waals surface area contributed by atoms with Gasteiger partial charge in [0.05, 0.1) is 10.1 Å². The molecule has 0 aliphatic heterocycles. The molecular weight excluding hydrogens is 343 g/mol. The topological polar surface area (TPSA) is 89.3 Å². The summed E-state index contributed by atoms with van der Waals surface area (Å²) in [5.41, 5.74) is 5.62. The molecule has 1 saturated carbocycles. The van der Waals surface area contributed by atoms with Crippen LogP contribution in [0.5, 0.6) is 0 Å². The van der Waals surface area contributed by atoms with Crippen LogP contribution in [0.4, 0.5) is 4.39 Å². The van der Waals surface area contributed by atoms with Gasteiger partial charge in [-0.15, -0.1) is 12.4 Å². The second-order valence-corrected chi connectivity index (χ2v) is 8.13. The molecule has 2 rings (SSSR count). The van der Waals surface area contributed by atoms with Crippen LogP contribution in [0.3, 0.4) is 0 Å². The molecule has 1 amide bonds. The molecule has 23 heavy (non-hydrogen) atoms. The van der Waals surface area contributed by atoms with E-state index in [9.17, 15) is 17.6 Å². The summed E-state index contributed by atoms with van der Waals surface area (Å²) in [7, 11) is -3.66. The van der Waals surface area contributed by atoms with Crippen LogP contribution in [0.15, 0.2) is 29.2 Å². The van der Waals surface area contributed by atoms with E-state index in [1.165, 1.54) is 19.1 Å². The molecule has 0 heterocycles. The normalized spacial score (nSPS) is 17.0. The summed E-state index contributed by atoms with van der Waals surface area (Å²) < 4.78 is 37.6. The van der Waals surface area contributed by atoms with Gasteiger partial charge in [-0.25, -0.2) is 12.8 Å². The highest BCUT2D eigenvalue weighted by Crippen LogP contribution is 2.32. The Morgan fingerprint density at radius 2 is 1.91 bits per heavy atom. The Morgan fingerprint density at radius 3 is 2.39 bits per heavy atom. The standard InChI is InChI=1S/C15H21FN2O3S.ClH/c1-10(8-15(19)18-14(9-17)11-2-3-11)22(20,21)13-6-4-12(16)5-7-13;/h4-7,10-11,14H,2-3,8-9,17H2,1H3,(H,18,19);1H. The first-order valence-electron chi connectivity index (χ1n) is 7.33. The molecule has 2 atom stereocenters. The molecule has 0 saturated heterocycles. The van der Waals surface area contributed by atoms with Gasteiger partial charge in [-0.2, -0.15) is 0 Å². The van der Waals surface area contributed by atoms with Gasteiger partial charge in [-0.1, -0.05) is 0 Å². The lowest BCUT2D eigenvalue weighted by Crippen LogP contribution is -2.43. The Kier molecular flexibility index (Phi) is 6.98. The zero-order valence-corrected chi connectivity index (χ0v) is 14.5. The molecule has 0 spiro atoms. The SMILES string of the molecule is CC(CC(=O)NC(CN)C1CC1)S(=O)(=O)c1ccc(F)cc1.Cl. The first-order chi connectivity index (χ1) is 10.3. The zero-order valence-electron chi connectivity index (χ0n) is 12.9. The van der Waals surface area contributed by atoms with Crippen molar-refractivity contribution in [3.8, 4) is 0 Å². The Bertz CT molecular complexity index is 633. The van der Waals surface area contributed by atoms with Gasteiger partial charge >= 0.3 is 0 Å². The lowest BCUT2D eigenvalue weighted by Gasteiger charge is -2.18. The van der Waals surface area contributed by atoms with Crippen LogP contribution in [-0.2, 0) is 14.6 Å². The van der Waals surface area contributed by atoms with Crippen LogP contribution in [0, 0.1) is 11.7 Å². The minimum atomic E-state index is -3.66. The number of carbonyl (C=O) groups excluding carboxylic acids is 1. The number of rotatable bonds is 7. The van der Waals surface area contributed by atoms with Gasteiger partial charge in [-0.05, 0) is 49.9 Å². The number of nitrogens with two attached hydrogens (primary N) is 1. The number of benzene rings is 1. The highest BCUT2D eigenvalue weighted by Gasteiger charge is 2.32. The monoisotopic (exact) mass is 364 g/mol. The van der Waals surface area contributed by atoms with Crippen LogP contribution in [0.1, 0.15) is 26.2 Å². The van der Waals surface area contributed by atoms with Gasteiger partial charge in [-0.3, -0.25) is 4.79 Å². The minimum Gasteiger partial charge on any atom is -0.352 e. The van der Waals surface area contributed by atoms with Crippen molar-refractivity contribution in [3.63, 3.8) is 0 Å². The first-order valence-corrected chi connectivity index (χ1v) is 8.88. The molecule has 2 unspecified atom stereocenters. The largest absolute Gasteiger partial charge is 0.352 e. The van der Waals surface area contributed by atoms with Crippen molar-refractivity contribution in [2.45, 2.75) is 42.4 Å². The van der Waals surface area contributed by atoms with Crippen LogP contribution >= 0.6 is 12.4 Å². The van der Waals surface area contributed by atoms with E-state index in [0.29, 0.717) is 12.5 Å². The number of halogens is 2. The van der Waals surface area contributed by atoms with Crippen molar-refractivity contribution in [2.24, 2.45) is 11.7 Å². The number of carbonyl (C=O) groups is 1. The lowest BCUT2D eigenvalue weighted by atomic mass is 10.2. The minimum absolute atomic E-state index is 0. The lowest BCUT2D eigenvalue weighted by molar-refractivity contribution is -0.121. The highest BCUT2D eigenvalue weighted by molar-refractivity contribution is 7.92. The van der Waals surface area contributed by atoms with E-state index < -0.39 is 20.9 Å². The maximum atomic E-state index is 12.9. The zero-order chi connectivity index (χ0) is 16.3. The van der Waals surface area contributed by atoms with Crippen molar-refractivity contribution in [2.75, 3.05) is 6.54 Å². The van der Waals surface area contributed by atoms with Gasteiger partial charge in [0, 0.05) is 19.0 Å². The molecule has 5 nitrogen and oxygen atoms in total. The summed E-state index contributed by atoms with van der Waals surface area (Å²) in [6.07, 6.45) is 1.96. The van der Waals surface area contributed by atoms with E-state index >= 15 is 0 Å². The fraction of sp³-hybridized carbons (Fsp3) is 0.533. The summed E-state index contributed by atoms with van der Waals surface area (Å²) in [6, 6.07) is 4.54. The number of sulfone groups is 1. The van der Waals surface area contributed by atoms with E-state index in [-0.39, 0.29) is 35.7 Å². The van der Waals surface area contributed by atoms with Gasteiger partial charge in [0.25, 0.3) is 0 Å². The van der Waals surface area contributed by atoms with E-state index in [2.05, 4.69) is 5.32 Å². The molecular formula is C15H22ClFN2O3S. The van der Waals surface area contributed by atoms with Gasteiger partial charge < -0.3 is 11.1 Å². The van der Waals surface area contributed by atoms with Gasteiger partial charge in [0.1, 0.15) is 5.82 Å². The molecule has 1 aromatic rings. The summed E-state index contributed by atoms with van der Waals surface area (Å²) >= 11 is 0. The van der Waals surface area contributed by atoms with Crippen LogP contribution in [0.2, 0.25) is 0 Å². The predicted octanol–water partition coefficient (Wildman–Crippen LogP) is 1.65. The molecule has 1 aliphatic carbocycles. The quantitative estimate of drug-likeness (QED) is 0.720. The van der Waals surface area contributed by atoms with Crippen molar-refractivity contribution in [3.05, 3.63) is 30.1 Å². The summed E-state index contributed by atoms with van der Waals surface area (Å²) in [5, 5.41) is 1.92. The average Bonchev–Trinajstić information content (AvgIpc) is 3.29. The van der Waals surface area contributed by atoms with Crippen molar-refractivity contribution >= 4 is 28.2 Å². The Balaban J connectivity index is 0.00000264. The van der Waals surface area contributed by atoms with E-state index in [1.807, 2.05) is 0 Å². The predicted molar refractivity (Wildman–Crippen MR) is 88.6 cm³/mol. The Labute approximate surface area is 142 Å². The Morgan fingerprint density at radius 1 is 1.35 bits per heavy atom. The molecule has 0 bridgehead atoms. The van der Waals surface area contributed by atoms with E-state index in [4.69, 9.17) is 5.73 Å². The van der Waals surface area contributed by atoms with Crippen molar-refractivity contribution < 1.29 is 17.6 Å². The Hall–Kier alpha value is -1.18. The van der Waals surface area contributed by atoms with E-state index in [0.717, 1.165) is 25.0 Å². The maximum absolute atomic E-state index is 12.9. The van der Waals surface area contributed by atoms with Gasteiger partial charge in [0.2, 0.25) is 5.91 Å². The number of hydrogen-bond donors (Lipinski definition) is 2. The number of amides is 1. The van der Waals surface area contributed by atoms with Crippen molar-refractivity contribution in [1.29, 1.82) is 0 Å². The molecule has 1 fully saturated rings. The smallest absolute Gasteiger partial charge is 0.221 e. The van der Waals surface area contributed by atoms with Crippen LogP contribution in [-0.4, -0.2) is 32.2 Å². The fourth-order valence-electron chi connectivity index (χ4n) is 2.36. The molecule has 130 valence electrons. The van der Waals surface area contributed by atoms with Crippen LogP contribution in [0.25, 0.3) is 0 Å². The third kappa shape index (κ3) is 5.16. The van der Waals surface area contributed by atoms with Crippen LogP contribution < -0.4 is 11.1 Å². The van der Waals surface area contributed by atoms with E-state index in [1.54, 1.807) is 0 Å². The molecule has 0 aromatic heterocycles. The fourth-order valence-corrected chi connectivity index (χ4v) is 3.71. The van der Waals surface area contributed by atoms with Crippen molar-refractivity contribution in [1.82, 2.24) is 5.32 Å². The maximum Gasteiger partial charge on any atom is 0.221 e. The highest BCUT2D eigenvalue weighted by atomic mass is 35.5. The number of nitrogens with one attached hydrogen (secondary N) is 1. The second-order valence-electron chi connectivity index (χ2n) is 5.76. The molecule has 3 N–H and O–H groups in total. The second kappa shape index (κ2) is 8.08. The average molecular weight is 365 g/mol. The third-order valence-electron chi connectivity index (χ3n) is 3.94. The van der Waals surface area contributed by atoms with Gasteiger partial charge in [0.15, 0.2) is 9.84 Å². The summed E-state index contributed by atoms with van der Waals surface area (Å²) in [4.78, 5) is 12.0. The number of hydrogen-bond acceptors (Lipinski definition) is 4. The molecule has 8 heteroatoms.